The highest BCUT2D eigenvalue weighted by Gasteiger charge is 2.06. The number of pyridine rings is 1. The monoisotopic (exact) mass is 228 g/mol. The molecule has 2 heterocycles. The largest absolute Gasteiger partial charge is 0.328 e. The van der Waals surface area contributed by atoms with Crippen molar-refractivity contribution in [3.05, 3.63) is 42.1 Å². The predicted molar refractivity (Wildman–Crippen MR) is 67.4 cm³/mol. The van der Waals surface area contributed by atoms with Gasteiger partial charge in [-0.25, -0.2) is 9.97 Å². The van der Waals surface area contributed by atoms with Gasteiger partial charge in [0.15, 0.2) is 0 Å². The van der Waals surface area contributed by atoms with Crippen LogP contribution in [-0.2, 0) is 6.42 Å². The van der Waals surface area contributed by atoms with Crippen LogP contribution in [0.3, 0.4) is 0 Å². The Labute approximate surface area is 101 Å². The molecule has 88 valence electrons. The third kappa shape index (κ3) is 3.07. The molecule has 17 heavy (non-hydrogen) atoms. The summed E-state index contributed by atoms with van der Waals surface area (Å²) in [5.74, 6) is 0.773. The molecule has 0 saturated carbocycles. The van der Waals surface area contributed by atoms with E-state index in [9.17, 15) is 0 Å². The maximum Gasteiger partial charge on any atom is 0.126 e. The van der Waals surface area contributed by atoms with E-state index in [1.54, 1.807) is 12.4 Å². The first-order valence-electron chi connectivity index (χ1n) is 5.65. The maximum atomic E-state index is 5.79. The first-order valence-corrected chi connectivity index (χ1v) is 5.65. The third-order valence-corrected chi connectivity index (χ3v) is 2.40. The second-order valence-electron chi connectivity index (χ2n) is 4.21. The van der Waals surface area contributed by atoms with Crippen molar-refractivity contribution in [1.29, 1.82) is 0 Å². The summed E-state index contributed by atoms with van der Waals surface area (Å²) < 4.78 is 0. The van der Waals surface area contributed by atoms with Crippen LogP contribution < -0.4 is 5.73 Å². The molecule has 0 spiro atoms. The molecule has 4 heteroatoms. The summed E-state index contributed by atoms with van der Waals surface area (Å²) in [6.45, 7) is 3.87. The summed E-state index contributed by atoms with van der Waals surface area (Å²) in [5, 5.41) is 0. The fourth-order valence-corrected chi connectivity index (χ4v) is 1.73. The molecule has 4 nitrogen and oxygen atoms in total. The van der Waals surface area contributed by atoms with Gasteiger partial charge in [0.05, 0.1) is 5.69 Å². The van der Waals surface area contributed by atoms with Crippen LogP contribution in [0, 0.1) is 6.92 Å². The Morgan fingerprint density at radius 1 is 1.24 bits per heavy atom. The van der Waals surface area contributed by atoms with E-state index in [0.717, 1.165) is 29.2 Å². The van der Waals surface area contributed by atoms with Gasteiger partial charge >= 0.3 is 0 Å². The Kier molecular flexibility index (Phi) is 3.44. The van der Waals surface area contributed by atoms with Gasteiger partial charge in [0, 0.05) is 36.1 Å². The topological polar surface area (TPSA) is 64.7 Å². The molecular formula is C13H16N4. The minimum Gasteiger partial charge on any atom is -0.328 e. The zero-order chi connectivity index (χ0) is 12.3. The second kappa shape index (κ2) is 5.01. The van der Waals surface area contributed by atoms with Gasteiger partial charge in [-0.1, -0.05) is 0 Å². The van der Waals surface area contributed by atoms with Gasteiger partial charge in [0.25, 0.3) is 0 Å². The molecule has 1 unspecified atom stereocenters. The van der Waals surface area contributed by atoms with Crippen LogP contribution in [0.15, 0.2) is 30.6 Å². The number of nitrogens with two attached hydrogens (primary N) is 1. The van der Waals surface area contributed by atoms with Crippen LogP contribution in [-0.4, -0.2) is 21.0 Å². The number of aryl methyl sites for hydroxylation is 1. The van der Waals surface area contributed by atoms with Crippen LogP contribution in [0.5, 0.6) is 0 Å². The van der Waals surface area contributed by atoms with Crippen LogP contribution in [0.2, 0.25) is 0 Å². The molecule has 2 rings (SSSR count). The Balaban J connectivity index is 2.38. The summed E-state index contributed by atoms with van der Waals surface area (Å²) in [5.41, 5.74) is 8.76. The van der Waals surface area contributed by atoms with Gasteiger partial charge in [0.1, 0.15) is 5.82 Å². The Morgan fingerprint density at radius 3 is 2.59 bits per heavy atom. The van der Waals surface area contributed by atoms with Crippen molar-refractivity contribution in [1.82, 2.24) is 15.0 Å². The number of aromatic nitrogens is 3. The van der Waals surface area contributed by atoms with Gasteiger partial charge in [0.2, 0.25) is 0 Å². The number of hydrogen-bond acceptors (Lipinski definition) is 4. The summed E-state index contributed by atoms with van der Waals surface area (Å²) in [4.78, 5) is 12.8. The van der Waals surface area contributed by atoms with Crippen molar-refractivity contribution >= 4 is 0 Å². The van der Waals surface area contributed by atoms with Crippen LogP contribution in [0.4, 0.5) is 0 Å². The molecule has 0 amide bonds. The summed E-state index contributed by atoms with van der Waals surface area (Å²) in [6, 6.07) is 5.98. The summed E-state index contributed by atoms with van der Waals surface area (Å²) >= 11 is 0. The van der Waals surface area contributed by atoms with E-state index in [0.29, 0.717) is 0 Å². The molecule has 1 atom stereocenters. The molecule has 0 aliphatic rings. The first-order chi connectivity index (χ1) is 8.15. The minimum absolute atomic E-state index is 0.106. The lowest BCUT2D eigenvalue weighted by atomic mass is 10.1. The fraction of sp³-hybridized carbons (Fsp3) is 0.308. The van der Waals surface area contributed by atoms with E-state index >= 15 is 0 Å². The van der Waals surface area contributed by atoms with E-state index in [1.807, 2.05) is 32.0 Å². The number of nitrogens with zero attached hydrogens (tertiary/aromatic N) is 3. The van der Waals surface area contributed by atoms with Crippen LogP contribution in [0.1, 0.15) is 18.4 Å². The molecule has 2 aromatic rings. The van der Waals surface area contributed by atoms with E-state index in [1.165, 1.54) is 0 Å². The lowest BCUT2D eigenvalue weighted by Gasteiger charge is -2.08. The Bertz CT molecular complexity index is 494. The van der Waals surface area contributed by atoms with Crippen molar-refractivity contribution in [2.24, 2.45) is 5.73 Å². The van der Waals surface area contributed by atoms with Gasteiger partial charge in [-0.2, -0.15) is 0 Å². The lowest BCUT2D eigenvalue weighted by Crippen LogP contribution is -2.19. The molecule has 0 aliphatic carbocycles. The fourth-order valence-electron chi connectivity index (χ4n) is 1.73. The summed E-state index contributed by atoms with van der Waals surface area (Å²) in [6.07, 6.45) is 4.29. The van der Waals surface area contributed by atoms with Crippen molar-refractivity contribution < 1.29 is 0 Å². The van der Waals surface area contributed by atoms with E-state index < -0.39 is 0 Å². The van der Waals surface area contributed by atoms with E-state index in [2.05, 4.69) is 15.0 Å². The predicted octanol–water partition coefficient (Wildman–Crippen LogP) is 1.74. The molecule has 0 saturated heterocycles. The molecule has 0 aromatic carbocycles. The SMILES string of the molecule is Cc1nc(CC(C)N)cc(-c2ccncc2)n1. The maximum absolute atomic E-state index is 5.79. The Morgan fingerprint density at radius 2 is 1.94 bits per heavy atom. The van der Waals surface area contributed by atoms with Crippen molar-refractivity contribution in [2.45, 2.75) is 26.3 Å². The molecule has 2 aromatic heterocycles. The second-order valence-corrected chi connectivity index (χ2v) is 4.21. The minimum atomic E-state index is 0.106. The average molecular weight is 228 g/mol. The third-order valence-electron chi connectivity index (χ3n) is 2.40. The van der Waals surface area contributed by atoms with Crippen molar-refractivity contribution in [3.8, 4) is 11.3 Å². The summed E-state index contributed by atoms with van der Waals surface area (Å²) in [7, 11) is 0. The van der Waals surface area contributed by atoms with Crippen LogP contribution >= 0.6 is 0 Å². The van der Waals surface area contributed by atoms with E-state index in [4.69, 9.17) is 5.73 Å². The smallest absolute Gasteiger partial charge is 0.126 e. The number of rotatable bonds is 3. The van der Waals surface area contributed by atoms with Crippen molar-refractivity contribution in [2.75, 3.05) is 0 Å². The highest BCUT2D eigenvalue weighted by Crippen LogP contribution is 2.17. The standard InChI is InChI=1S/C13H16N4/c1-9(14)7-12-8-13(17-10(2)16-12)11-3-5-15-6-4-11/h3-6,8-9H,7,14H2,1-2H3. The van der Waals surface area contributed by atoms with Crippen LogP contribution in [0.25, 0.3) is 11.3 Å². The van der Waals surface area contributed by atoms with Gasteiger partial charge in [-0.05, 0) is 32.0 Å². The van der Waals surface area contributed by atoms with Gasteiger partial charge in [-0.15, -0.1) is 0 Å². The number of hydrogen-bond donors (Lipinski definition) is 1. The molecule has 2 N–H and O–H groups in total. The Hall–Kier alpha value is -1.81. The lowest BCUT2D eigenvalue weighted by molar-refractivity contribution is 0.716. The zero-order valence-corrected chi connectivity index (χ0v) is 10.1. The normalized spacial score (nSPS) is 12.4. The van der Waals surface area contributed by atoms with E-state index in [-0.39, 0.29) is 6.04 Å². The molecule has 0 bridgehead atoms. The highest BCUT2D eigenvalue weighted by atomic mass is 14.9. The van der Waals surface area contributed by atoms with Gasteiger partial charge in [-0.3, -0.25) is 4.98 Å². The quantitative estimate of drug-likeness (QED) is 0.869. The average Bonchev–Trinajstić information content (AvgIpc) is 2.28. The first kappa shape index (κ1) is 11.7. The van der Waals surface area contributed by atoms with Gasteiger partial charge < -0.3 is 5.73 Å². The molecule has 0 fully saturated rings. The molecule has 0 aliphatic heterocycles. The zero-order valence-electron chi connectivity index (χ0n) is 10.1. The highest BCUT2D eigenvalue weighted by molar-refractivity contribution is 5.58. The molecule has 0 radical (unpaired) electrons. The molecular weight excluding hydrogens is 212 g/mol. The van der Waals surface area contributed by atoms with Crippen molar-refractivity contribution in [3.63, 3.8) is 0 Å².